The number of aromatic nitrogens is 3. The van der Waals surface area contributed by atoms with Gasteiger partial charge in [0.2, 0.25) is 0 Å². The molecule has 4 aromatic rings. The summed E-state index contributed by atoms with van der Waals surface area (Å²) in [6.45, 7) is 15.9. The van der Waals surface area contributed by atoms with Gasteiger partial charge >= 0.3 is 30.3 Å². The quantitative estimate of drug-likeness (QED) is 0.178. The minimum Gasteiger partial charge on any atom is -0.473 e. The molecule has 0 N–H and O–H groups in total. The van der Waals surface area contributed by atoms with Gasteiger partial charge in [0.05, 0.1) is 18.2 Å². The fourth-order valence-corrected chi connectivity index (χ4v) is 7.42. The average Bonchev–Trinajstić information content (AvgIpc) is 3.93. The maximum absolute atomic E-state index is 5.43. The first-order valence-electron chi connectivity index (χ1n) is 16.5. The zero-order valence-electron chi connectivity index (χ0n) is 28.0. The third-order valence-corrected chi connectivity index (χ3v) is 10.5. The van der Waals surface area contributed by atoms with Crippen LogP contribution < -0.4 is 15.0 Å². The Labute approximate surface area is 287 Å². The molecule has 2 aliphatic rings. The van der Waals surface area contributed by atoms with E-state index in [1.54, 1.807) is 12.5 Å². The Kier molecular flexibility index (Phi) is 12.0. The maximum atomic E-state index is 5.43. The van der Waals surface area contributed by atoms with Crippen LogP contribution in [0, 0.1) is 0 Å². The molecule has 0 atom stereocenters. The van der Waals surface area contributed by atoms with Crippen molar-refractivity contribution in [2.45, 2.75) is 110 Å². The zero-order chi connectivity index (χ0) is 32.7. The Morgan fingerprint density at radius 3 is 1.42 bits per heavy atom. The SMILES string of the molecule is CC/C1=C2\C=CC(=N2)C(CC)(CC)c2ccc([n-]2)C(CC)(CC)c2ccc([n-]2)C(CC)(CC)c2ccc1[n-]2.[Cl][Sn+3].c1ccoc1. The van der Waals surface area contributed by atoms with E-state index in [2.05, 4.69) is 101 Å². The van der Waals surface area contributed by atoms with Crippen molar-refractivity contribution < 1.29 is 4.42 Å². The normalized spacial score (nSPS) is 18.8. The monoisotopic (exact) mass is 730 g/mol. The molecule has 4 aromatic heterocycles. The number of aliphatic imine (C=N–C) groups is 1. The maximum Gasteiger partial charge on any atom is 0.0902 e. The van der Waals surface area contributed by atoms with Crippen LogP contribution in [0.25, 0.3) is 5.57 Å². The fourth-order valence-electron chi connectivity index (χ4n) is 7.42. The third kappa shape index (κ3) is 6.12. The van der Waals surface area contributed by atoms with E-state index < -0.39 is 0 Å². The largest absolute Gasteiger partial charge is 0.473 e. The molecule has 0 saturated carbocycles. The summed E-state index contributed by atoms with van der Waals surface area (Å²) >= 11 is 1.02. The van der Waals surface area contributed by atoms with E-state index in [-0.39, 0.29) is 16.2 Å². The first kappa shape index (κ1) is 35.2. The summed E-state index contributed by atoms with van der Waals surface area (Å²) in [5, 5.41) is 0. The fraction of sp³-hybridized carbons (Fsp3) is 0.447. The number of hydrogen-bond acceptors (Lipinski definition) is 2. The summed E-state index contributed by atoms with van der Waals surface area (Å²) in [6, 6.07) is 17.1. The molecule has 0 saturated heterocycles. The van der Waals surface area contributed by atoms with Crippen molar-refractivity contribution in [2.75, 3.05) is 0 Å². The molecule has 8 bridgehead atoms. The van der Waals surface area contributed by atoms with Crippen molar-refractivity contribution in [1.82, 2.24) is 15.0 Å². The van der Waals surface area contributed by atoms with Crippen LogP contribution in [0.2, 0.25) is 0 Å². The molecule has 0 aromatic carbocycles. The predicted octanol–water partition coefficient (Wildman–Crippen LogP) is 9.56. The standard InChI is InChI=1S/C34H43N4.C4H4O.ClH.Sn/c1-8-23-24-15-17-26(35-24)32(9-2,10-3)28-19-21-30(37-28)34(13-6,14-7)31-22-20-29(38-31)33(11-4,12-5)27-18-16-25(23)36-27;1-2-4-5-3-1;;/h15-22H,8-14H2,1-7H3;1-4H;1H;/q-3;;;+4/p-1/b24-23-;;;. The van der Waals surface area contributed by atoms with Gasteiger partial charge < -0.3 is 19.4 Å². The van der Waals surface area contributed by atoms with Gasteiger partial charge in [-0.3, -0.25) is 4.99 Å². The predicted molar refractivity (Wildman–Crippen MR) is 188 cm³/mol. The van der Waals surface area contributed by atoms with E-state index in [0.29, 0.717) is 0 Å². The molecular formula is C38H47ClN4OSn. The van der Waals surface area contributed by atoms with E-state index in [1.165, 1.54) is 5.57 Å². The molecule has 0 fully saturated rings. The summed E-state index contributed by atoms with van der Waals surface area (Å²) in [5.41, 5.74) is 9.44. The topological polar surface area (TPSA) is 67.8 Å². The third-order valence-electron chi connectivity index (χ3n) is 10.5. The smallest absolute Gasteiger partial charge is 0.0902 e. The zero-order valence-corrected chi connectivity index (χ0v) is 31.6. The van der Waals surface area contributed by atoms with Gasteiger partial charge in [-0.25, -0.2) is 0 Å². The van der Waals surface area contributed by atoms with Crippen LogP contribution >= 0.6 is 8.92 Å². The number of hydrogen-bond donors (Lipinski definition) is 0. The van der Waals surface area contributed by atoms with Gasteiger partial charge in [0.15, 0.2) is 0 Å². The Morgan fingerprint density at radius 2 is 1.02 bits per heavy atom. The molecule has 0 aliphatic carbocycles. The second-order valence-electron chi connectivity index (χ2n) is 11.9. The molecule has 6 heterocycles. The number of fused-ring (bicyclic) bond motifs is 7. The number of nitrogens with zero attached hydrogens (tertiary/aromatic N) is 4. The first-order valence-corrected chi connectivity index (χ1v) is 20.1. The Morgan fingerprint density at radius 1 is 0.600 bits per heavy atom. The van der Waals surface area contributed by atoms with Crippen LogP contribution in [-0.4, -0.2) is 27.1 Å². The molecule has 0 amide bonds. The Hall–Kier alpha value is -2.64. The summed E-state index contributed by atoms with van der Waals surface area (Å²) in [5.74, 6) is 0. The van der Waals surface area contributed by atoms with Crippen LogP contribution in [0.15, 0.2) is 88.3 Å². The van der Waals surface area contributed by atoms with Crippen molar-refractivity contribution in [3.05, 3.63) is 113 Å². The summed E-state index contributed by atoms with van der Waals surface area (Å²) in [6.07, 6.45) is 14.3. The van der Waals surface area contributed by atoms with Crippen LogP contribution in [-0.2, 0) is 16.2 Å². The second kappa shape index (κ2) is 15.3. The van der Waals surface area contributed by atoms with Crippen LogP contribution in [0.3, 0.4) is 0 Å². The van der Waals surface area contributed by atoms with Gasteiger partial charge in [-0.15, -0.1) is 11.4 Å². The molecule has 6 rings (SSSR count). The van der Waals surface area contributed by atoms with Crippen molar-refractivity contribution in [1.29, 1.82) is 0 Å². The molecular weight excluding hydrogens is 683 g/mol. The van der Waals surface area contributed by atoms with E-state index in [9.17, 15) is 0 Å². The van der Waals surface area contributed by atoms with Gasteiger partial charge in [-0.1, -0.05) is 84.9 Å². The molecule has 0 radical (unpaired) electrons. The van der Waals surface area contributed by atoms with Gasteiger partial charge in [-0.2, -0.15) is 22.8 Å². The van der Waals surface area contributed by atoms with E-state index in [0.717, 1.165) is 112 Å². The molecule has 0 unspecified atom stereocenters. The van der Waals surface area contributed by atoms with Crippen LogP contribution in [0.1, 0.15) is 128 Å². The van der Waals surface area contributed by atoms with Crippen molar-refractivity contribution in [3.63, 3.8) is 0 Å². The van der Waals surface area contributed by atoms with E-state index >= 15 is 0 Å². The minimum atomic E-state index is -0.216. The average molecular weight is 730 g/mol. The number of allylic oxidation sites excluding steroid dienone is 3. The first-order chi connectivity index (χ1) is 21.9. The number of rotatable bonds is 7. The van der Waals surface area contributed by atoms with Gasteiger partial charge in [-0.05, 0) is 85.6 Å². The minimum absolute atomic E-state index is 0.214. The van der Waals surface area contributed by atoms with Crippen molar-refractivity contribution in [2.24, 2.45) is 4.99 Å². The van der Waals surface area contributed by atoms with Crippen LogP contribution in [0.5, 0.6) is 0 Å². The van der Waals surface area contributed by atoms with Gasteiger partial charge in [0, 0.05) is 11.1 Å². The van der Waals surface area contributed by atoms with E-state index in [4.69, 9.17) is 28.9 Å². The second-order valence-corrected chi connectivity index (χ2v) is 11.9. The van der Waals surface area contributed by atoms with E-state index in [1.807, 2.05) is 12.1 Å². The van der Waals surface area contributed by atoms with Gasteiger partial charge in [0.25, 0.3) is 0 Å². The van der Waals surface area contributed by atoms with Crippen molar-refractivity contribution >= 4 is 41.6 Å². The summed E-state index contributed by atoms with van der Waals surface area (Å²) in [7, 11) is 4.73. The van der Waals surface area contributed by atoms with Crippen molar-refractivity contribution in [3.8, 4) is 0 Å². The molecule has 236 valence electrons. The Balaban J connectivity index is 0.000000590. The van der Waals surface area contributed by atoms with Gasteiger partial charge in [0.1, 0.15) is 0 Å². The molecule has 5 nitrogen and oxygen atoms in total. The summed E-state index contributed by atoms with van der Waals surface area (Å²) in [4.78, 5) is 21.4. The van der Waals surface area contributed by atoms with Crippen LogP contribution in [0.4, 0.5) is 0 Å². The number of halogens is 1. The molecule has 7 heteroatoms. The Bertz CT molecular complexity index is 1570. The molecule has 0 spiro atoms. The summed E-state index contributed by atoms with van der Waals surface area (Å²) < 4.78 is 4.58. The number of furan rings is 1. The molecule has 45 heavy (non-hydrogen) atoms. The molecule has 2 aliphatic heterocycles.